The number of hydrogen-bond acceptors (Lipinski definition) is 4. The fourth-order valence-electron chi connectivity index (χ4n) is 3.20. The van der Waals surface area contributed by atoms with Crippen molar-refractivity contribution in [3.63, 3.8) is 0 Å². The van der Waals surface area contributed by atoms with Crippen LogP contribution in [0.4, 0.5) is 5.69 Å². The van der Waals surface area contributed by atoms with E-state index in [1.165, 1.54) is 37.9 Å². The zero-order valence-corrected chi connectivity index (χ0v) is 14.1. The number of imidazole rings is 1. The molecular formula is C17H24N4S. The molecule has 0 spiro atoms. The highest BCUT2D eigenvalue weighted by atomic mass is 32.2. The average Bonchev–Trinajstić information content (AvgIpc) is 2.97. The van der Waals surface area contributed by atoms with Crippen molar-refractivity contribution in [1.82, 2.24) is 13.9 Å². The van der Waals surface area contributed by atoms with Crippen molar-refractivity contribution in [2.45, 2.75) is 42.9 Å². The molecule has 5 heteroatoms. The summed E-state index contributed by atoms with van der Waals surface area (Å²) in [7, 11) is 4.07. The lowest BCUT2D eigenvalue weighted by Gasteiger charge is -2.22. The monoisotopic (exact) mass is 316 g/mol. The van der Waals surface area contributed by atoms with E-state index in [2.05, 4.69) is 26.0 Å². The van der Waals surface area contributed by atoms with Crippen LogP contribution in [0.1, 0.15) is 43.8 Å². The molecule has 2 N–H and O–H groups in total. The predicted molar refractivity (Wildman–Crippen MR) is 93.3 cm³/mol. The number of benzene rings is 1. The molecular weight excluding hydrogens is 292 g/mol. The highest BCUT2D eigenvalue weighted by molar-refractivity contribution is 7.97. The van der Waals surface area contributed by atoms with Gasteiger partial charge in [0.2, 0.25) is 0 Å². The zero-order chi connectivity index (χ0) is 15.5. The van der Waals surface area contributed by atoms with Crippen LogP contribution in [0.5, 0.6) is 0 Å². The lowest BCUT2D eigenvalue weighted by Crippen LogP contribution is -2.12. The van der Waals surface area contributed by atoms with Crippen LogP contribution in [0.25, 0.3) is 5.69 Å². The predicted octanol–water partition coefficient (Wildman–Crippen LogP) is 4.07. The molecule has 3 rings (SSSR count). The van der Waals surface area contributed by atoms with E-state index < -0.39 is 0 Å². The third-order valence-corrected chi connectivity index (χ3v) is 5.02. The third-order valence-electron chi connectivity index (χ3n) is 4.19. The number of hydrogen-bond donors (Lipinski definition) is 1. The molecule has 1 fully saturated rings. The SMILES string of the molecule is CN(C)Sc1ccc(-n2ccnc2C2CCCCC2)c(N)c1. The number of rotatable bonds is 4. The number of anilines is 1. The van der Waals surface area contributed by atoms with E-state index in [-0.39, 0.29) is 0 Å². The summed E-state index contributed by atoms with van der Waals surface area (Å²) in [5.74, 6) is 1.73. The summed E-state index contributed by atoms with van der Waals surface area (Å²) in [6.45, 7) is 0. The molecule has 1 saturated carbocycles. The van der Waals surface area contributed by atoms with E-state index >= 15 is 0 Å². The maximum atomic E-state index is 6.31. The minimum atomic E-state index is 0.568. The third kappa shape index (κ3) is 3.31. The number of nitrogens with two attached hydrogens (primary N) is 1. The minimum Gasteiger partial charge on any atom is -0.397 e. The summed E-state index contributed by atoms with van der Waals surface area (Å²) < 4.78 is 4.24. The van der Waals surface area contributed by atoms with Gasteiger partial charge in [-0.2, -0.15) is 0 Å². The molecule has 22 heavy (non-hydrogen) atoms. The Kier molecular flexibility index (Phi) is 4.74. The van der Waals surface area contributed by atoms with E-state index in [4.69, 9.17) is 5.73 Å². The van der Waals surface area contributed by atoms with Crippen molar-refractivity contribution in [3.8, 4) is 5.69 Å². The standard InChI is InChI=1S/C17H24N4S/c1-20(2)22-14-8-9-16(15(18)12-14)21-11-10-19-17(21)13-6-4-3-5-7-13/h8-13H,3-7,18H2,1-2H3. The molecule has 1 heterocycles. The Bertz CT molecular complexity index is 629. The lowest BCUT2D eigenvalue weighted by atomic mass is 9.88. The fraction of sp³-hybridized carbons (Fsp3) is 0.471. The molecule has 0 atom stereocenters. The van der Waals surface area contributed by atoms with Gasteiger partial charge in [-0.05, 0) is 57.1 Å². The smallest absolute Gasteiger partial charge is 0.116 e. The van der Waals surface area contributed by atoms with Gasteiger partial charge in [-0.15, -0.1) is 0 Å². The van der Waals surface area contributed by atoms with E-state index in [0.29, 0.717) is 5.92 Å². The van der Waals surface area contributed by atoms with Gasteiger partial charge >= 0.3 is 0 Å². The van der Waals surface area contributed by atoms with Gasteiger partial charge < -0.3 is 10.3 Å². The topological polar surface area (TPSA) is 47.1 Å². The summed E-state index contributed by atoms with van der Waals surface area (Å²) in [6, 6.07) is 6.28. The molecule has 0 aliphatic heterocycles. The van der Waals surface area contributed by atoms with Gasteiger partial charge in [0.1, 0.15) is 5.82 Å². The van der Waals surface area contributed by atoms with Gasteiger partial charge in [-0.1, -0.05) is 19.3 Å². The van der Waals surface area contributed by atoms with Crippen LogP contribution in [-0.4, -0.2) is 28.0 Å². The van der Waals surface area contributed by atoms with Crippen LogP contribution in [-0.2, 0) is 0 Å². The van der Waals surface area contributed by atoms with Crippen molar-refractivity contribution < 1.29 is 0 Å². The largest absolute Gasteiger partial charge is 0.397 e. The van der Waals surface area contributed by atoms with Crippen LogP contribution in [0, 0.1) is 0 Å². The second kappa shape index (κ2) is 6.75. The van der Waals surface area contributed by atoms with E-state index in [1.807, 2.05) is 32.6 Å². The maximum absolute atomic E-state index is 6.31. The summed E-state index contributed by atoms with van der Waals surface area (Å²) in [4.78, 5) is 5.78. The van der Waals surface area contributed by atoms with Crippen LogP contribution in [0.2, 0.25) is 0 Å². The average molecular weight is 316 g/mol. The first-order valence-corrected chi connectivity index (χ1v) is 8.71. The summed E-state index contributed by atoms with van der Waals surface area (Å²) >= 11 is 1.68. The molecule has 0 bridgehead atoms. The molecule has 1 aliphatic rings. The van der Waals surface area contributed by atoms with Crippen molar-refractivity contribution in [1.29, 1.82) is 0 Å². The summed E-state index contributed by atoms with van der Waals surface area (Å²) in [5, 5.41) is 0. The number of aromatic nitrogens is 2. The highest BCUT2D eigenvalue weighted by Gasteiger charge is 2.21. The first-order valence-electron chi connectivity index (χ1n) is 7.93. The van der Waals surface area contributed by atoms with E-state index in [0.717, 1.165) is 16.3 Å². The van der Waals surface area contributed by atoms with E-state index in [1.54, 1.807) is 11.9 Å². The van der Waals surface area contributed by atoms with Gasteiger partial charge in [0, 0.05) is 23.2 Å². The van der Waals surface area contributed by atoms with Gasteiger partial charge in [0.25, 0.3) is 0 Å². The van der Waals surface area contributed by atoms with Gasteiger partial charge in [-0.3, -0.25) is 4.31 Å². The maximum Gasteiger partial charge on any atom is 0.116 e. The van der Waals surface area contributed by atoms with Crippen LogP contribution in [0.3, 0.4) is 0 Å². The molecule has 1 aromatic carbocycles. The second-order valence-electron chi connectivity index (χ2n) is 6.11. The Labute approximate surface area is 136 Å². The first-order chi connectivity index (χ1) is 10.6. The first kappa shape index (κ1) is 15.4. The molecule has 2 aromatic rings. The molecule has 1 aromatic heterocycles. The summed E-state index contributed by atoms with van der Waals surface area (Å²) in [5.41, 5.74) is 8.16. The van der Waals surface area contributed by atoms with Crippen molar-refractivity contribution in [2.24, 2.45) is 0 Å². The van der Waals surface area contributed by atoms with Crippen LogP contribution < -0.4 is 5.73 Å². The Morgan fingerprint density at radius 1 is 1.23 bits per heavy atom. The Hall–Kier alpha value is -1.46. The molecule has 1 aliphatic carbocycles. The second-order valence-corrected chi connectivity index (χ2v) is 7.50. The van der Waals surface area contributed by atoms with Gasteiger partial charge in [-0.25, -0.2) is 4.98 Å². The fourth-order valence-corrected chi connectivity index (χ4v) is 3.93. The van der Waals surface area contributed by atoms with Crippen molar-refractivity contribution >= 4 is 17.6 Å². The Morgan fingerprint density at radius 2 is 2.00 bits per heavy atom. The zero-order valence-electron chi connectivity index (χ0n) is 13.3. The number of nitrogen functional groups attached to an aromatic ring is 1. The Balaban J connectivity index is 1.89. The van der Waals surface area contributed by atoms with Crippen molar-refractivity contribution in [2.75, 3.05) is 19.8 Å². The lowest BCUT2D eigenvalue weighted by molar-refractivity contribution is 0.425. The molecule has 0 unspecified atom stereocenters. The molecule has 0 saturated heterocycles. The quantitative estimate of drug-likeness (QED) is 0.682. The minimum absolute atomic E-state index is 0.568. The highest BCUT2D eigenvalue weighted by Crippen LogP contribution is 2.34. The van der Waals surface area contributed by atoms with E-state index in [9.17, 15) is 0 Å². The molecule has 0 radical (unpaired) electrons. The van der Waals surface area contributed by atoms with Crippen LogP contribution in [0.15, 0.2) is 35.5 Å². The van der Waals surface area contributed by atoms with Gasteiger partial charge in [0.05, 0.1) is 11.4 Å². The number of nitrogens with zero attached hydrogens (tertiary/aromatic N) is 3. The van der Waals surface area contributed by atoms with Gasteiger partial charge in [0.15, 0.2) is 0 Å². The summed E-state index contributed by atoms with van der Waals surface area (Å²) in [6.07, 6.45) is 10.4. The molecule has 4 nitrogen and oxygen atoms in total. The van der Waals surface area contributed by atoms with Crippen LogP contribution >= 0.6 is 11.9 Å². The Morgan fingerprint density at radius 3 is 2.68 bits per heavy atom. The normalized spacial score (nSPS) is 16.3. The molecule has 118 valence electrons. The van der Waals surface area contributed by atoms with Crippen molar-refractivity contribution in [3.05, 3.63) is 36.4 Å². The molecule has 0 amide bonds.